The van der Waals surface area contributed by atoms with Gasteiger partial charge in [0, 0.05) is 38.5 Å². The molecule has 2 nitrogen and oxygen atoms in total. The fourth-order valence-corrected chi connectivity index (χ4v) is 9.46. The van der Waals surface area contributed by atoms with E-state index in [1.54, 1.807) is 0 Å². The first kappa shape index (κ1) is 32.8. The average Bonchev–Trinajstić information content (AvgIpc) is 3.75. The van der Waals surface area contributed by atoms with Gasteiger partial charge >= 0.3 is 0 Å². The van der Waals surface area contributed by atoms with Crippen LogP contribution in [-0.4, -0.2) is 0 Å². The molecule has 10 rings (SSSR count). The fraction of sp³-hybridized carbons (Fsp3) is 0.192. The molecule has 0 fully saturated rings. The monoisotopic (exact) mass is 699 g/mol. The van der Waals surface area contributed by atoms with E-state index in [2.05, 4.69) is 199 Å². The van der Waals surface area contributed by atoms with Gasteiger partial charge in [-0.05, 0) is 110 Å². The van der Waals surface area contributed by atoms with Crippen molar-refractivity contribution in [1.29, 1.82) is 0 Å². The predicted octanol–water partition coefficient (Wildman–Crippen LogP) is 14.6. The van der Waals surface area contributed by atoms with E-state index in [4.69, 9.17) is 4.42 Å². The largest absolute Gasteiger partial charge is 0.456 e. The molecule has 1 aromatic heterocycles. The molecule has 264 valence electrons. The summed E-state index contributed by atoms with van der Waals surface area (Å²) in [6, 6.07) is 54.0. The van der Waals surface area contributed by atoms with Crippen LogP contribution < -0.4 is 4.90 Å². The van der Waals surface area contributed by atoms with Crippen LogP contribution in [0.5, 0.6) is 0 Å². The van der Waals surface area contributed by atoms with E-state index in [0.717, 1.165) is 22.5 Å². The van der Waals surface area contributed by atoms with E-state index in [9.17, 15) is 0 Å². The lowest BCUT2D eigenvalue weighted by molar-refractivity contribution is 0.590. The smallest absolute Gasteiger partial charge is 0.136 e. The molecular weight excluding hydrogens is 655 g/mol. The van der Waals surface area contributed by atoms with Crippen LogP contribution in [0.1, 0.15) is 76.3 Å². The molecule has 7 aromatic carbocycles. The molecule has 2 heteroatoms. The number of furan rings is 1. The molecule has 1 heterocycles. The Hall–Kier alpha value is -5.86. The van der Waals surface area contributed by atoms with Gasteiger partial charge in [-0.25, -0.2) is 0 Å². The van der Waals surface area contributed by atoms with Crippen LogP contribution in [0.3, 0.4) is 0 Å². The Morgan fingerprint density at radius 3 is 1.89 bits per heavy atom. The number of nitrogens with zero attached hydrogens (tertiary/aromatic N) is 1. The second-order valence-corrected chi connectivity index (χ2v) is 17.4. The van der Waals surface area contributed by atoms with Crippen LogP contribution in [0.15, 0.2) is 150 Å². The van der Waals surface area contributed by atoms with Crippen LogP contribution in [0.25, 0.3) is 55.3 Å². The first-order chi connectivity index (χ1) is 25.9. The molecule has 0 atom stereocenters. The summed E-state index contributed by atoms with van der Waals surface area (Å²) < 4.78 is 6.64. The van der Waals surface area contributed by atoms with Gasteiger partial charge in [0.05, 0.1) is 5.69 Å². The van der Waals surface area contributed by atoms with Gasteiger partial charge in [0.25, 0.3) is 0 Å². The SMILES string of the molecule is CC(C)(C)c1ccc2oc3ccc4c(c3c2c1)-c1c(N(c2ccc(-c3ccccc3)cc2)c2ccc3c(c2)C(C)(C)c2ccccc2-3)cccc1C4(C)C. The van der Waals surface area contributed by atoms with Gasteiger partial charge in [-0.1, -0.05) is 146 Å². The van der Waals surface area contributed by atoms with Crippen molar-refractivity contribution in [2.75, 3.05) is 4.90 Å². The average molecular weight is 700 g/mol. The summed E-state index contributed by atoms with van der Waals surface area (Å²) in [4.78, 5) is 2.50. The highest BCUT2D eigenvalue weighted by molar-refractivity contribution is 6.17. The van der Waals surface area contributed by atoms with Gasteiger partial charge in [-0.15, -0.1) is 0 Å². The molecule has 0 unspecified atom stereocenters. The zero-order chi connectivity index (χ0) is 37.1. The van der Waals surface area contributed by atoms with Gasteiger partial charge < -0.3 is 9.32 Å². The Kier molecular flexibility index (Phi) is 6.87. The molecule has 8 aromatic rings. The molecule has 0 spiro atoms. The van der Waals surface area contributed by atoms with E-state index in [1.165, 1.54) is 77.7 Å². The number of rotatable bonds is 4. The van der Waals surface area contributed by atoms with E-state index in [0.29, 0.717) is 0 Å². The van der Waals surface area contributed by atoms with Crippen molar-refractivity contribution >= 4 is 39.0 Å². The third kappa shape index (κ3) is 4.65. The van der Waals surface area contributed by atoms with Crippen molar-refractivity contribution in [3.05, 3.63) is 173 Å². The Bertz CT molecular complexity index is 2790. The lowest BCUT2D eigenvalue weighted by Gasteiger charge is -2.30. The molecule has 2 aliphatic carbocycles. The lowest BCUT2D eigenvalue weighted by atomic mass is 9.82. The number of hydrogen-bond acceptors (Lipinski definition) is 2. The Morgan fingerprint density at radius 2 is 1.11 bits per heavy atom. The summed E-state index contributed by atoms with van der Waals surface area (Å²) in [6.07, 6.45) is 0. The summed E-state index contributed by atoms with van der Waals surface area (Å²) in [6.45, 7) is 16.4. The maximum absolute atomic E-state index is 6.64. The molecule has 0 saturated carbocycles. The first-order valence-electron chi connectivity index (χ1n) is 19.3. The minimum absolute atomic E-state index is 0.0157. The van der Waals surface area contributed by atoms with Gasteiger partial charge in [0.15, 0.2) is 0 Å². The highest BCUT2D eigenvalue weighted by atomic mass is 16.3. The maximum atomic E-state index is 6.64. The van der Waals surface area contributed by atoms with Gasteiger partial charge in [0.1, 0.15) is 11.2 Å². The molecule has 54 heavy (non-hydrogen) atoms. The Morgan fingerprint density at radius 1 is 0.481 bits per heavy atom. The number of anilines is 3. The minimum Gasteiger partial charge on any atom is -0.456 e. The molecule has 0 saturated heterocycles. The summed E-state index contributed by atoms with van der Waals surface area (Å²) in [5.74, 6) is 0. The highest BCUT2D eigenvalue weighted by Crippen LogP contribution is 2.58. The van der Waals surface area contributed by atoms with Crippen molar-refractivity contribution < 1.29 is 4.42 Å². The van der Waals surface area contributed by atoms with Gasteiger partial charge in [0.2, 0.25) is 0 Å². The van der Waals surface area contributed by atoms with E-state index >= 15 is 0 Å². The topological polar surface area (TPSA) is 16.4 Å². The van der Waals surface area contributed by atoms with Crippen LogP contribution in [0.4, 0.5) is 17.1 Å². The minimum atomic E-state index is -0.204. The number of benzene rings is 7. The molecule has 0 N–H and O–H groups in total. The van der Waals surface area contributed by atoms with Crippen LogP contribution >= 0.6 is 0 Å². The zero-order valence-electron chi connectivity index (χ0n) is 32.2. The quantitative estimate of drug-likeness (QED) is 0.182. The summed E-state index contributed by atoms with van der Waals surface area (Å²) in [5.41, 5.74) is 19.4. The summed E-state index contributed by atoms with van der Waals surface area (Å²) in [5, 5.41) is 2.39. The molecule has 0 amide bonds. The molecular formula is C52H45NO. The van der Waals surface area contributed by atoms with Crippen molar-refractivity contribution in [3.8, 4) is 33.4 Å². The Labute approximate surface area is 318 Å². The van der Waals surface area contributed by atoms with Crippen LogP contribution in [0, 0.1) is 0 Å². The second-order valence-electron chi connectivity index (χ2n) is 17.4. The maximum Gasteiger partial charge on any atom is 0.136 e. The van der Waals surface area contributed by atoms with Crippen molar-refractivity contribution in [2.45, 2.75) is 64.7 Å². The lowest BCUT2D eigenvalue weighted by Crippen LogP contribution is -2.17. The molecule has 0 aliphatic heterocycles. The third-order valence-electron chi connectivity index (χ3n) is 12.4. The van der Waals surface area contributed by atoms with E-state index in [-0.39, 0.29) is 16.2 Å². The number of fused-ring (bicyclic) bond motifs is 10. The van der Waals surface area contributed by atoms with Crippen LogP contribution in [0.2, 0.25) is 0 Å². The van der Waals surface area contributed by atoms with Crippen molar-refractivity contribution in [3.63, 3.8) is 0 Å². The number of hydrogen-bond donors (Lipinski definition) is 0. The second kappa shape index (κ2) is 11.3. The van der Waals surface area contributed by atoms with Crippen LogP contribution in [-0.2, 0) is 16.2 Å². The van der Waals surface area contributed by atoms with Gasteiger partial charge in [-0.2, -0.15) is 0 Å². The van der Waals surface area contributed by atoms with Gasteiger partial charge in [-0.3, -0.25) is 0 Å². The highest BCUT2D eigenvalue weighted by Gasteiger charge is 2.41. The standard InChI is InChI=1S/C52H45NO/c1-50(2,3)34-22-28-45-39(30-34)47-46(54-45)29-27-42-49(47)48-41(52(42,6)7)18-13-19-44(48)53(35-23-20-33(21-24-35)32-14-9-8-10-15-32)36-25-26-38-37-16-11-12-17-40(37)51(4,5)43(38)31-36/h8-31H,1-7H3. The van der Waals surface area contributed by atoms with E-state index in [1.807, 2.05) is 0 Å². The van der Waals surface area contributed by atoms with Crippen molar-refractivity contribution in [1.82, 2.24) is 0 Å². The first-order valence-corrected chi connectivity index (χ1v) is 19.3. The zero-order valence-corrected chi connectivity index (χ0v) is 32.2. The summed E-state index contributed by atoms with van der Waals surface area (Å²) >= 11 is 0. The molecule has 2 aliphatic rings. The van der Waals surface area contributed by atoms with E-state index < -0.39 is 0 Å². The predicted molar refractivity (Wildman–Crippen MR) is 228 cm³/mol. The molecule has 0 radical (unpaired) electrons. The molecule has 0 bridgehead atoms. The fourth-order valence-electron chi connectivity index (χ4n) is 9.46. The summed E-state index contributed by atoms with van der Waals surface area (Å²) in [7, 11) is 0. The normalized spacial score (nSPS) is 14.9. The Balaban J connectivity index is 1.25. The van der Waals surface area contributed by atoms with Crippen molar-refractivity contribution in [2.24, 2.45) is 0 Å². The third-order valence-corrected chi connectivity index (χ3v) is 12.4.